The molecule has 1 amide bonds. The summed E-state index contributed by atoms with van der Waals surface area (Å²) in [4.78, 5) is 27.0. The summed E-state index contributed by atoms with van der Waals surface area (Å²) in [7, 11) is -3.16. The van der Waals surface area contributed by atoms with Gasteiger partial charge in [0, 0.05) is 22.8 Å². The van der Waals surface area contributed by atoms with Gasteiger partial charge >= 0.3 is 0 Å². The van der Waals surface area contributed by atoms with Crippen molar-refractivity contribution in [3.8, 4) is 5.75 Å². The summed E-state index contributed by atoms with van der Waals surface area (Å²) in [5.41, 5.74) is 2.58. The van der Waals surface area contributed by atoms with Gasteiger partial charge in [-0.05, 0) is 43.3 Å². The van der Waals surface area contributed by atoms with Gasteiger partial charge in [-0.25, -0.2) is 13.8 Å². The number of halogens is 1. The van der Waals surface area contributed by atoms with E-state index in [0.717, 1.165) is 10.4 Å². The Hall–Kier alpha value is -4.03. The minimum atomic E-state index is -4.48. The maximum atomic E-state index is 13.6. The molecule has 35 heavy (non-hydrogen) atoms. The van der Waals surface area contributed by atoms with Crippen LogP contribution in [0, 0.1) is 17.0 Å². The van der Waals surface area contributed by atoms with E-state index in [0.29, 0.717) is 5.69 Å². The van der Waals surface area contributed by atoms with Gasteiger partial charge in [0.2, 0.25) is 0 Å². The molecule has 11 nitrogen and oxygen atoms in total. The smallest absolute Gasteiger partial charge is 0.273 e. The first-order chi connectivity index (χ1) is 16.6. The standard InChI is InChI=1S/C22H20ClN5O6S/c1-15-6-8-18(12-19(15)28(30)31)35(32,33)27(20-11-16(23)7-9-21(20)34-2)14-22(29)26-25-13-17-5-3-4-10-24-17/h3-13H,14H2,1-2H3,(H,26,29)/b25-13+. The lowest BCUT2D eigenvalue weighted by Gasteiger charge is -2.25. The number of anilines is 1. The number of ether oxygens (including phenoxy) is 1. The van der Waals surface area contributed by atoms with Crippen molar-refractivity contribution < 1.29 is 22.9 Å². The Morgan fingerprint density at radius 1 is 1.26 bits per heavy atom. The van der Waals surface area contributed by atoms with Gasteiger partial charge in [0.25, 0.3) is 21.6 Å². The van der Waals surface area contributed by atoms with Gasteiger partial charge in [-0.1, -0.05) is 23.7 Å². The number of hydrazone groups is 1. The maximum Gasteiger partial charge on any atom is 0.273 e. The van der Waals surface area contributed by atoms with Crippen molar-refractivity contribution in [3.05, 3.63) is 87.2 Å². The van der Waals surface area contributed by atoms with Crippen molar-refractivity contribution in [2.75, 3.05) is 18.0 Å². The maximum absolute atomic E-state index is 13.6. The second-order valence-electron chi connectivity index (χ2n) is 7.08. The predicted molar refractivity (Wildman–Crippen MR) is 130 cm³/mol. The predicted octanol–water partition coefficient (Wildman–Crippen LogP) is 3.31. The van der Waals surface area contributed by atoms with E-state index >= 15 is 0 Å². The zero-order valence-corrected chi connectivity index (χ0v) is 20.2. The molecule has 0 atom stereocenters. The molecule has 0 radical (unpaired) electrons. The molecule has 13 heteroatoms. The van der Waals surface area contributed by atoms with Crippen LogP contribution in [0.4, 0.5) is 11.4 Å². The minimum absolute atomic E-state index is 0.0351. The number of methoxy groups -OCH3 is 1. The summed E-state index contributed by atoms with van der Waals surface area (Å²) in [6.07, 6.45) is 2.84. The number of pyridine rings is 1. The number of rotatable bonds is 9. The number of hydrogen-bond donors (Lipinski definition) is 1. The van der Waals surface area contributed by atoms with Crippen LogP contribution in [0.3, 0.4) is 0 Å². The highest BCUT2D eigenvalue weighted by molar-refractivity contribution is 7.92. The van der Waals surface area contributed by atoms with Crippen LogP contribution >= 0.6 is 11.6 Å². The number of benzene rings is 2. The van der Waals surface area contributed by atoms with Gasteiger partial charge in [-0.15, -0.1) is 0 Å². The molecule has 182 valence electrons. The average Bonchev–Trinajstić information content (AvgIpc) is 2.83. The Morgan fingerprint density at radius 3 is 2.69 bits per heavy atom. The van der Waals surface area contributed by atoms with Crippen molar-refractivity contribution in [1.82, 2.24) is 10.4 Å². The third kappa shape index (κ3) is 6.11. The van der Waals surface area contributed by atoms with E-state index in [9.17, 15) is 23.3 Å². The topological polar surface area (TPSA) is 144 Å². The van der Waals surface area contributed by atoms with E-state index in [4.69, 9.17) is 16.3 Å². The molecule has 0 aliphatic rings. The summed E-state index contributed by atoms with van der Waals surface area (Å²) in [5.74, 6) is -0.672. The fourth-order valence-corrected chi connectivity index (χ4v) is 4.63. The second-order valence-corrected chi connectivity index (χ2v) is 9.38. The second kappa shape index (κ2) is 10.9. The molecule has 0 saturated carbocycles. The van der Waals surface area contributed by atoms with Crippen LogP contribution in [0.15, 0.2) is 70.8 Å². The number of nitro benzene ring substituents is 1. The molecule has 1 heterocycles. The molecule has 0 aliphatic carbocycles. The van der Waals surface area contributed by atoms with Gasteiger partial charge in [-0.2, -0.15) is 5.10 Å². The number of amides is 1. The normalized spacial score (nSPS) is 11.3. The SMILES string of the molecule is COc1ccc(Cl)cc1N(CC(=O)N/N=C/c1ccccn1)S(=O)(=O)c1ccc(C)c([N+](=O)[O-])c1. The van der Waals surface area contributed by atoms with Crippen LogP contribution in [0.1, 0.15) is 11.3 Å². The molecule has 1 N–H and O–H groups in total. The summed E-state index contributed by atoms with van der Waals surface area (Å²) in [5, 5.41) is 15.4. The lowest BCUT2D eigenvalue weighted by Crippen LogP contribution is -2.39. The highest BCUT2D eigenvalue weighted by Gasteiger charge is 2.31. The van der Waals surface area contributed by atoms with E-state index in [2.05, 4.69) is 15.5 Å². The molecule has 0 bridgehead atoms. The van der Waals surface area contributed by atoms with Gasteiger partial charge in [-0.3, -0.25) is 24.2 Å². The average molecular weight is 518 g/mol. The lowest BCUT2D eigenvalue weighted by molar-refractivity contribution is -0.385. The molecular weight excluding hydrogens is 498 g/mol. The lowest BCUT2D eigenvalue weighted by atomic mass is 10.2. The van der Waals surface area contributed by atoms with E-state index in [1.54, 1.807) is 24.4 Å². The summed E-state index contributed by atoms with van der Waals surface area (Å²) in [6, 6.07) is 12.8. The Bertz CT molecular complexity index is 1380. The zero-order chi connectivity index (χ0) is 25.6. The summed E-state index contributed by atoms with van der Waals surface area (Å²) >= 11 is 6.09. The fraction of sp³-hybridized carbons (Fsp3) is 0.136. The van der Waals surface area contributed by atoms with Gasteiger partial charge in [0.15, 0.2) is 0 Å². The molecule has 3 aromatic rings. The first-order valence-corrected chi connectivity index (χ1v) is 11.8. The van der Waals surface area contributed by atoms with Crippen molar-refractivity contribution in [2.45, 2.75) is 11.8 Å². The number of aryl methyl sites for hydroxylation is 1. The quantitative estimate of drug-likeness (QED) is 0.260. The van der Waals surface area contributed by atoms with Crippen molar-refractivity contribution in [1.29, 1.82) is 0 Å². The number of sulfonamides is 1. The van der Waals surface area contributed by atoms with Crippen LogP contribution in [0.5, 0.6) is 5.75 Å². The first kappa shape index (κ1) is 25.6. The molecule has 3 rings (SSSR count). The molecular formula is C22H20ClN5O6S. The third-order valence-corrected chi connectivity index (χ3v) is 6.73. The minimum Gasteiger partial charge on any atom is -0.495 e. The number of carbonyl (C=O) groups excluding carboxylic acids is 1. The van der Waals surface area contributed by atoms with Crippen molar-refractivity contribution >= 4 is 45.1 Å². The number of nitro groups is 1. The Morgan fingerprint density at radius 2 is 2.03 bits per heavy atom. The van der Waals surface area contributed by atoms with Crippen LogP contribution in [-0.2, 0) is 14.8 Å². The Labute approximate surface area is 206 Å². The molecule has 2 aromatic carbocycles. The van der Waals surface area contributed by atoms with Crippen molar-refractivity contribution in [2.24, 2.45) is 5.10 Å². The molecule has 0 aliphatic heterocycles. The van der Waals surface area contributed by atoms with Crippen molar-refractivity contribution in [3.63, 3.8) is 0 Å². The monoisotopic (exact) mass is 517 g/mol. The molecule has 0 unspecified atom stereocenters. The number of hydrogen-bond acceptors (Lipinski definition) is 8. The highest BCUT2D eigenvalue weighted by atomic mass is 35.5. The van der Waals surface area contributed by atoms with Gasteiger partial charge in [0.05, 0.1) is 34.5 Å². The number of nitrogens with zero attached hydrogens (tertiary/aromatic N) is 4. The van der Waals surface area contributed by atoms with Gasteiger partial charge < -0.3 is 4.74 Å². The summed E-state index contributed by atoms with van der Waals surface area (Å²) < 4.78 is 33.2. The molecule has 0 saturated heterocycles. The van der Waals surface area contributed by atoms with Crippen LogP contribution in [-0.4, -0.2) is 44.1 Å². The van der Waals surface area contributed by atoms with E-state index in [1.165, 1.54) is 50.6 Å². The first-order valence-electron chi connectivity index (χ1n) is 9.97. The number of aromatic nitrogens is 1. The largest absolute Gasteiger partial charge is 0.495 e. The molecule has 1 aromatic heterocycles. The van der Waals surface area contributed by atoms with Gasteiger partial charge in [0.1, 0.15) is 12.3 Å². The van der Waals surface area contributed by atoms with E-state index < -0.39 is 27.4 Å². The third-order valence-electron chi connectivity index (χ3n) is 4.74. The Balaban J connectivity index is 2.01. The Kier molecular flexibility index (Phi) is 7.99. The highest BCUT2D eigenvalue weighted by Crippen LogP contribution is 2.35. The van der Waals surface area contributed by atoms with Crippen LogP contribution in [0.25, 0.3) is 0 Å². The summed E-state index contributed by atoms with van der Waals surface area (Å²) in [6.45, 7) is 0.764. The van der Waals surface area contributed by atoms with E-state index in [1.807, 2.05) is 0 Å². The zero-order valence-electron chi connectivity index (χ0n) is 18.6. The molecule has 0 spiro atoms. The number of nitrogens with one attached hydrogen (secondary N) is 1. The molecule has 0 fully saturated rings. The van der Waals surface area contributed by atoms with Crippen LogP contribution in [0.2, 0.25) is 5.02 Å². The fourth-order valence-electron chi connectivity index (χ4n) is 3.02. The van der Waals surface area contributed by atoms with E-state index in [-0.39, 0.29) is 32.6 Å². The number of carbonyl (C=O) groups is 1. The van der Waals surface area contributed by atoms with Crippen LogP contribution < -0.4 is 14.5 Å².